The van der Waals surface area contributed by atoms with Gasteiger partial charge < -0.3 is 5.32 Å². The molecule has 1 aromatic rings. The van der Waals surface area contributed by atoms with E-state index < -0.39 is 0 Å². The van der Waals surface area contributed by atoms with Crippen molar-refractivity contribution in [1.29, 1.82) is 0 Å². The molecule has 1 aliphatic heterocycles. The summed E-state index contributed by atoms with van der Waals surface area (Å²) >= 11 is 0. The molecule has 1 saturated heterocycles. The van der Waals surface area contributed by atoms with Crippen molar-refractivity contribution in [2.45, 2.75) is 19.4 Å². The molecule has 2 rings (SSSR count). The maximum absolute atomic E-state index is 12.6. The Morgan fingerprint density at radius 1 is 1.54 bits per heavy atom. The van der Waals surface area contributed by atoms with Gasteiger partial charge in [-0.2, -0.15) is 5.10 Å². The Kier molecular flexibility index (Phi) is 2.59. The van der Waals surface area contributed by atoms with Crippen molar-refractivity contribution in [1.82, 2.24) is 15.1 Å². The van der Waals surface area contributed by atoms with E-state index in [-0.39, 0.29) is 5.82 Å². The summed E-state index contributed by atoms with van der Waals surface area (Å²) in [6, 6.07) is 0. The van der Waals surface area contributed by atoms with Gasteiger partial charge in [0.05, 0.1) is 12.4 Å². The Balaban J connectivity index is 1.89. The van der Waals surface area contributed by atoms with Gasteiger partial charge in [0.1, 0.15) is 0 Å². The van der Waals surface area contributed by atoms with Crippen LogP contribution in [0.15, 0.2) is 12.4 Å². The Labute approximate surface area is 76.9 Å². The molecule has 2 heterocycles. The summed E-state index contributed by atoms with van der Waals surface area (Å²) in [4.78, 5) is 0. The highest BCUT2D eigenvalue weighted by Gasteiger charge is 2.13. The van der Waals surface area contributed by atoms with Gasteiger partial charge in [-0.3, -0.25) is 4.68 Å². The molecule has 1 aromatic heterocycles. The lowest BCUT2D eigenvalue weighted by atomic mass is 9.98. The van der Waals surface area contributed by atoms with Crippen molar-refractivity contribution in [2.24, 2.45) is 5.92 Å². The highest BCUT2D eigenvalue weighted by Crippen LogP contribution is 2.13. The van der Waals surface area contributed by atoms with E-state index in [1.54, 1.807) is 4.68 Å². The van der Waals surface area contributed by atoms with Crippen LogP contribution in [-0.2, 0) is 6.54 Å². The number of nitrogens with zero attached hydrogens (tertiary/aromatic N) is 2. The highest BCUT2D eigenvalue weighted by atomic mass is 19.1. The number of halogens is 1. The molecule has 0 atom stereocenters. The fourth-order valence-corrected chi connectivity index (χ4v) is 1.77. The maximum Gasteiger partial charge on any atom is 0.161 e. The van der Waals surface area contributed by atoms with Gasteiger partial charge in [-0.15, -0.1) is 0 Å². The molecule has 1 aliphatic rings. The van der Waals surface area contributed by atoms with E-state index in [4.69, 9.17) is 0 Å². The van der Waals surface area contributed by atoms with Crippen LogP contribution in [0.25, 0.3) is 0 Å². The summed E-state index contributed by atoms with van der Waals surface area (Å²) in [7, 11) is 0. The van der Waals surface area contributed by atoms with Crippen LogP contribution in [0.4, 0.5) is 4.39 Å². The van der Waals surface area contributed by atoms with E-state index in [0.29, 0.717) is 5.92 Å². The summed E-state index contributed by atoms with van der Waals surface area (Å²) in [5.41, 5.74) is 0. The molecule has 1 N–H and O–H groups in total. The zero-order valence-electron chi connectivity index (χ0n) is 7.54. The predicted molar refractivity (Wildman–Crippen MR) is 47.8 cm³/mol. The number of rotatable bonds is 2. The van der Waals surface area contributed by atoms with Crippen LogP contribution in [0.1, 0.15) is 12.8 Å². The van der Waals surface area contributed by atoms with Crippen LogP contribution in [-0.4, -0.2) is 22.9 Å². The van der Waals surface area contributed by atoms with Crippen LogP contribution in [0.3, 0.4) is 0 Å². The number of hydrogen-bond donors (Lipinski definition) is 1. The lowest BCUT2D eigenvalue weighted by Gasteiger charge is -2.22. The summed E-state index contributed by atoms with van der Waals surface area (Å²) in [6.45, 7) is 3.01. The Hall–Kier alpha value is -0.900. The first kappa shape index (κ1) is 8.69. The van der Waals surface area contributed by atoms with Gasteiger partial charge in [-0.1, -0.05) is 0 Å². The SMILES string of the molecule is Fc1cnn(CC2CCNCC2)c1. The summed E-state index contributed by atoms with van der Waals surface area (Å²) in [5, 5.41) is 7.23. The number of hydrogen-bond acceptors (Lipinski definition) is 2. The van der Waals surface area contributed by atoms with E-state index in [0.717, 1.165) is 19.6 Å². The Morgan fingerprint density at radius 2 is 2.31 bits per heavy atom. The second kappa shape index (κ2) is 3.87. The van der Waals surface area contributed by atoms with Crippen molar-refractivity contribution >= 4 is 0 Å². The van der Waals surface area contributed by atoms with Gasteiger partial charge in [0.15, 0.2) is 5.82 Å². The molecule has 72 valence electrons. The van der Waals surface area contributed by atoms with Crippen molar-refractivity contribution in [3.05, 3.63) is 18.2 Å². The molecule has 0 unspecified atom stereocenters. The highest BCUT2D eigenvalue weighted by molar-refractivity contribution is 4.84. The second-order valence-electron chi connectivity index (χ2n) is 3.57. The van der Waals surface area contributed by atoms with E-state index in [2.05, 4.69) is 10.4 Å². The molecule has 4 heteroatoms. The maximum atomic E-state index is 12.6. The number of piperidine rings is 1. The molecule has 0 aromatic carbocycles. The monoisotopic (exact) mass is 183 g/mol. The fourth-order valence-electron chi connectivity index (χ4n) is 1.77. The molecular formula is C9H14FN3. The molecule has 0 amide bonds. The van der Waals surface area contributed by atoms with Gasteiger partial charge in [0, 0.05) is 6.54 Å². The van der Waals surface area contributed by atoms with Crippen LogP contribution < -0.4 is 5.32 Å². The predicted octanol–water partition coefficient (Wildman–Crippen LogP) is 1.02. The van der Waals surface area contributed by atoms with Crippen molar-refractivity contribution in [3.63, 3.8) is 0 Å². The molecule has 1 fully saturated rings. The zero-order chi connectivity index (χ0) is 9.10. The normalized spacial score (nSPS) is 19.2. The molecule has 13 heavy (non-hydrogen) atoms. The lowest BCUT2D eigenvalue weighted by molar-refractivity contribution is 0.321. The average Bonchev–Trinajstić information content (AvgIpc) is 2.53. The Bertz CT molecular complexity index is 266. The van der Waals surface area contributed by atoms with E-state index >= 15 is 0 Å². The first-order valence-electron chi connectivity index (χ1n) is 4.73. The summed E-state index contributed by atoms with van der Waals surface area (Å²) in [6.07, 6.45) is 5.06. The smallest absolute Gasteiger partial charge is 0.161 e. The first-order valence-corrected chi connectivity index (χ1v) is 4.73. The number of nitrogens with one attached hydrogen (secondary N) is 1. The average molecular weight is 183 g/mol. The molecule has 0 spiro atoms. The quantitative estimate of drug-likeness (QED) is 0.742. The molecule has 0 bridgehead atoms. The molecule has 0 aliphatic carbocycles. The largest absolute Gasteiger partial charge is 0.317 e. The molecule has 3 nitrogen and oxygen atoms in total. The van der Waals surface area contributed by atoms with Crippen molar-refractivity contribution in [2.75, 3.05) is 13.1 Å². The van der Waals surface area contributed by atoms with Gasteiger partial charge in [0.25, 0.3) is 0 Å². The minimum atomic E-state index is -0.242. The third kappa shape index (κ3) is 2.28. The van der Waals surface area contributed by atoms with Gasteiger partial charge in [-0.25, -0.2) is 4.39 Å². The number of aromatic nitrogens is 2. The third-order valence-electron chi connectivity index (χ3n) is 2.51. The van der Waals surface area contributed by atoms with Gasteiger partial charge in [-0.05, 0) is 31.8 Å². The lowest BCUT2D eigenvalue weighted by Crippen LogP contribution is -2.29. The third-order valence-corrected chi connectivity index (χ3v) is 2.51. The molecular weight excluding hydrogens is 169 g/mol. The molecule has 0 saturated carbocycles. The Morgan fingerprint density at radius 3 is 2.92 bits per heavy atom. The van der Waals surface area contributed by atoms with Gasteiger partial charge in [0.2, 0.25) is 0 Å². The zero-order valence-corrected chi connectivity index (χ0v) is 7.54. The van der Waals surface area contributed by atoms with E-state index in [1.807, 2.05) is 0 Å². The first-order chi connectivity index (χ1) is 6.34. The van der Waals surface area contributed by atoms with Crippen LogP contribution in [0, 0.1) is 11.7 Å². The van der Waals surface area contributed by atoms with E-state index in [9.17, 15) is 4.39 Å². The van der Waals surface area contributed by atoms with Crippen LogP contribution in [0.5, 0.6) is 0 Å². The second-order valence-corrected chi connectivity index (χ2v) is 3.57. The summed E-state index contributed by atoms with van der Waals surface area (Å²) in [5.74, 6) is 0.412. The minimum absolute atomic E-state index is 0.242. The summed E-state index contributed by atoms with van der Waals surface area (Å²) < 4.78 is 14.3. The van der Waals surface area contributed by atoms with Crippen molar-refractivity contribution < 1.29 is 4.39 Å². The fraction of sp³-hybridized carbons (Fsp3) is 0.667. The molecule has 0 radical (unpaired) electrons. The minimum Gasteiger partial charge on any atom is -0.317 e. The van der Waals surface area contributed by atoms with Crippen LogP contribution in [0.2, 0.25) is 0 Å². The topological polar surface area (TPSA) is 29.9 Å². The van der Waals surface area contributed by atoms with Crippen LogP contribution >= 0.6 is 0 Å². The van der Waals surface area contributed by atoms with Crippen molar-refractivity contribution in [3.8, 4) is 0 Å². The standard InChI is InChI=1S/C9H14FN3/c10-9-5-12-13(7-9)6-8-1-3-11-4-2-8/h5,7-8,11H,1-4,6H2. The van der Waals surface area contributed by atoms with Gasteiger partial charge >= 0.3 is 0 Å². The van der Waals surface area contributed by atoms with E-state index in [1.165, 1.54) is 25.2 Å².